The maximum Gasteiger partial charge on any atom is 0.266 e. The van der Waals surface area contributed by atoms with Crippen LogP contribution in [0.25, 0.3) is 10.8 Å². The topological polar surface area (TPSA) is 61.5 Å². The molecule has 1 aromatic heterocycles. The molecule has 6 heteroatoms. The second-order valence-electron chi connectivity index (χ2n) is 8.09. The Labute approximate surface area is 172 Å². The smallest absolute Gasteiger partial charge is 0.266 e. The molecule has 0 atom stereocenters. The van der Waals surface area contributed by atoms with Gasteiger partial charge in [-0.25, -0.2) is 4.98 Å². The van der Waals surface area contributed by atoms with Crippen molar-refractivity contribution in [1.82, 2.24) is 19.8 Å². The number of benzene rings is 2. The number of carbonyl (C=O) groups is 1. The van der Waals surface area contributed by atoms with Gasteiger partial charge < -0.3 is 19.5 Å². The first-order valence-electron chi connectivity index (χ1n) is 9.87. The molecule has 0 spiro atoms. The zero-order valence-corrected chi connectivity index (χ0v) is 17.9. The second-order valence-corrected chi connectivity index (χ2v) is 8.09. The van der Waals surface area contributed by atoms with Crippen LogP contribution in [-0.2, 0) is 11.3 Å². The van der Waals surface area contributed by atoms with Crippen molar-refractivity contribution in [3.8, 4) is 5.75 Å². The molecule has 0 radical (unpaired) electrons. The molecule has 1 N–H and O–H groups in total. The van der Waals surface area contributed by atoms with E-state index in [0.29, 0.717) is 18.8 Å². The van der Waals surface area contributed by atoms with Crippen LogP contribution in [0, 0.1) is 6.92 Å². The summed E-state index contributed by atoms with van der Waals surface area (Å²) in [5, 5.41) is 2.09. The van der Waals surface area contributed by atoms with Gasteiger partial charge in [-0.15, -0.1) is 0 Å². The van der Waals surface area contributed by atoms with Gasteiger partial charge in [0.05, 0.1) is 18.6 Å². The van der Waals surface area contributed by atoms with Crippen LogP contribution in [0.3, 0.4) is 0 Å². The first kappa shape index (κ1) is 20.9. The van der Waals surface area contributed by atoms with E-state index in [1.807, 2.05) is 82.2 Å². The number of aryl methyl sites for hydroxylation is 1. The molecule has 1 amide bonds. The van der Waals surface area contributed by atoms with E-state index in [0.717, 1.165) is 28.7 Å². The molecule has 2 aromatic carbocycles. The summed E-state index contributed by atoms with van der Waals surface area (Å²) >= 11 is 0. The number of amides is 1. The van der Waals surface area contributed by atoms with E-state index >= 15 is 0 Å². The minimum absolute atomic E-state index is 0.0605. The molecule has 0 aliphatic heterocycles. The number of nitrogens with one attached hydrogen (secondary N) is 1. The van der Waals surface area contributed by atoms with Crippen molar-refractivity contribution in [2.45, 2.75) is 32.9 Å². The molecule has 3 rings (SSSR count). The van der Waals surface area contributed by atoms with Crippen molar-refractivity contribution >= 4 is 16.7 Å². The number of hydrogen-bond donors (Lipinski definition) is 1. The van der Waals surface area contributed by atoms with Crippen LogP contribution in [-0.4, -0.2) is 58.5 Å². The first-order chi connectivity index (χ1) is 13.8. The lowest BCUT2D eigenvalue weighted by atomic mass is 10.1. The zero-order chi connectivity index (χ0) is 21.0. The standard InChI is InChI=1S/C23H30N4O2/c1-17-20(25-16-24-17)15-27(14-13-26(4)5)22(28)23(2,3)29-21-12-8-10-18-9-6-7-11-19(18)21/h6-12,16H,13-15H2,1-5H3,(H,24,25). The maximum absolute atomic E-state index is 13.5. The van der Waals surface area contributed by atoms with E-state index in [2.05, 4.69) is 14.9 Å². The Morgan fingerprint density at radius 2 is 1.83 bits per heavy atom. The van der Waals surface area contributed by atoms with Crippen molar-refractivity contribution in [3.63, 3.8) is 0 Å². The number of rotatable bonds is 8. The van der Waals surface area contributed by atoms with Gasteiger partial charge in [-0.05, 0) is 46.3 Å². The second kappa shape index (κ2) is 8.66. The van der Waals surface area contributed by atoms with Gasteiger partial charge >= 0.3 is 0 Å². The van der Waals surface area contributed by atoms with E-state index < -0.39 is 5.60 Å². The lowest BCUT2D eigenvalue weighted by molar-refractivity contribution is -0.146. The highest BCUT2D eigenvalue weighted by atomic mass is 16.5. The highest BCUT2D eigenvalue weighted by Gasteiger charge is 2.35. The summed E-state index contributed by atoms with van der Waals surface area (Å²) in [7, 11) is 4.00. The quantitative estimate of drug-likeness (QED) is 0.634. The van der Waals surface area contributed by atoms with E-state index in [4.69, 9.17) is 4.74 Å². The minimum atomic E-state index is -1.01. The van der Waals surface area contributed by atoms with E-state index in [-0.39, 0.29) is 5.91 Å². The van der Waals surface area contributed by atoms with Crippen LogP contribution in [0.15, 0.2) is 48.8 Å². The van der Waals surface area contributed by atoms with Crippen LogP contribution in [0.4, 0.5) is 0 Å². The molecule has 3 aromatic rings. The van der Waals surface area contributed by atoms with Gasteiger partial charge in [0.15, 0.2) is 5.60 Å². The monoisotopic (exact) mass is 394 g/mol. The normalized spacial score (nSPS) is 11.8. The average molecular weight is 395 g/mol. The van der Waals surface area contributed by atoms with Gasteiger partial charge in [-0.1, -0.05) is 36.4 Å². The number of aromatic nitrogens is 2. The van der Waals surface area contributed by atoms with Crippen LogP contribution < -0.4 is 4.74 Å². The summed E-state index contributed by atoms with van der Waals surface area (Å²) < 4.78 is 6.28. The van der Waals surface area contributed by atoms with Crippen molar-refractivity contribution in [2.24, 2.45) is 0 Å². The predicted molar refractivity (Wildman–Crippen MR) is 116 cm³/mol. The number of ether oxygens (including phenoxy) is 1. The molecule has 0 aliphatic rings. The molecule has 1 heterocycles. The van der Waals surface area contributed by atoms with Crippen LogP contribution in [0.2, 0.25) is 0 Å². The number of likely N-dealkylation sites (N-methyl/N-ethyl adjacent to an activating group) is 1. The fourth-order valence-corrected chi connectivity index (χ4v) is 3.28. The molecule has 0 bridgehead atoms. The number of aromatic amines is 1. The van der Waals surface area contributed by atoms with Crippen LogP contribution >= 0.6 is 0 Å². The van der Waals surface area contributed by atoms with E-state index in [1.54, 1.807) is 6.33 Å². The Kier molecular flexibility index (Phi) is 6.23. The molecule has 0 aliphatic carbocycles. The molecule has 0 unspecified atom stereocenters. The van der Waals surface area contributed by atoms with Crippen molar-refractivity contribution < 1.29 is 9.53 Å². The third-order valence-corrected chi connectivity index (χ3v) is 5.01. The Morgan fingerprint density at radius 1 is 1.10 bits per heavy atom. The summed E-state index contributed by atoms with van der Waals surface area (Å²) in [4.78, 5) is 24.8. The Morgan fingerprint density at radius 3 is 2.52 bits per heavy atom. The largest absolute Gasteiger partial charge is 0.477 e. The van der Waals surface area contributed by atoms with Crippen molar-refractivity contribution in [2.75, 3.05) is 27.2 Å². The molecule has 154 valence electrons. The molecule has 0 fully saturated rings. The summed E-state index contributed by atoms with van der Waals surface area (Å²) in [5.41, 5.74) is 0.833. The fourth-order valence-electron chi connectivity index (χ4n) is 3.28. The average Bonchev–Trinajstić information content (AvgIpc) is 3.09. The molecular formula is C23H30N4O2. The van der Waals surface area contributed by atoms with Gasteiger partial charge in [0.25, 0.3) is 5.91 Å². The summed E-state index contributed by atoms with van der Waals surface area (Å²) in [6.07, 6.45) is 1.66. The lowest BCUT2D eigenvalue weighted by Crippen LogP contribution is -2.50. The summed E-state index contributed by atoms with van der Waals surface area (Å²) in [6.45, 7) is 7.44. The number of fused-ring (bicyclic) bond motifs is 1. The van der Waals surface area contributed by atoms with Gasteiger partial charge in [0.2, 0.25) is 0 Å². The molecule has 0 saturated heterocycles. The fraction of sp³-hybridized carbons (Fsp3) is 0.391. The van der Waals surface area contributed by atoms with Gasteiger partial charge in [-0.3, -0.25) is 4.79 Å². The highest BCUT2D eigenvalue weighted by Crippen LogP contribution is 2.29. The lowest BCUT2D eigenvalue weighted by Gasteiger charge is -2.33. The maximum atomic E-state index is 13.5. The number of hydrogen-bond acceptors (Lipinski definition) is 4. The SMILES string of the molecule is Cc1[nH]cnc1CN(CCN(C)C)C(=O)C(C)(C)Oc1cccc2ccccc12. The van der Waals surface area contributed by atoms with E-state index in [1.165, 1.54) is 0 Å². The van der Waals surface area contributed by atoms with Crippen molar-refractivity contribution in [3.05, 3.63) is 60.2 Å². The van der Waals surface area contributed by atoms with Gasteiger partial charge in [0.1, 0.15) is 5.75 Å². The Bertz CT molecular complexity index is 972. The third-order valence-electron chi connectivity index (χ3n) is 5.01. The number of nitrogens with zero attached hydrogens (tertiary/aromatic N) is 3. The number of carbonyl (C=O) groups excluding carboxylic acids is 1. The molecule has 6 nitrogen and oxygen atoms in total. The zero-order valence-electron chi connectivity index (χ0n) is 17.9. The number of imidazole rings is 1. The van der Waals surface area contributed by atoms with E-state index in [9.17, 15) is 4.79 Å². The first-order valence-corrected chi connectivity index (χ1v) is 9.87. The molecule has 0 saturated carbocycles. The van der Waals surface area contributed by atoms with Crippen LogP contribution in [0.1, 0.15) is 25.2 Å². The highest BCUT2D eigenvalue weighted by molar-refractivity contribution is 5.90. The number of H-pyrrole nitrogens is 1. The van der Waals surface area contributed by atoms with Gasteiger partial charge in [-0.2, -0.15) is 0 Å². The van der Waals surface area contributed by atoms with Crippen molar-refractivity contribution in [1.29, 1.82) is 0 Å². The Balaban J connectivity index is 1.85. The summed E-state index contributed by atoms with van der Waals surface area (Å²) in [6, 6.07) is 13.9. The minimum Gasteiger partial charge on any atom is -0.477 e. The molecular weight excluding hydrogens is 364 g/mol. The predicted octanol–water partition coefficient (Wildman–Crippen LogP) is 3.62. The Hall–Kier alpha value is -2.86. The molecule has 29 heavy (non-hydrogen) atoms. The van der Waals surface area contributed by atoms with Gasteiger partial charge in [0, 0.05) is 24.2 Å². The third kappa shape index (κ3) is 4.95. The van der Waals surface area contributed by atoms with Crippen LogP contribution in [0.5, 0.6) is 5.75 Å². The summed E-state index contributed by atoms with van der Waals surface area (Å²) in [5.74, 6) is 0.652.